The molecule has 1 N–H and O–H groups in total. The number of esters is 1. The lowest BCUT2D eigenvalue weighted by atomic mass is 10.0. The van der Waals surface area contributed by atoms with E-state index in [1.54, 1.807) is 19.1 Å². The van der Waals surface area contributed by atoms with Crippen LogP contribution in [0.25, 0.3) is 0 Å². The van der Waals surface area contributed by atoms with Gasteiger partial charge in [0.1, 0.15) is 12.7 Å². The van der Waals surface area contributed by atoms with Gasteiger partial charge in [0.2, 0.25) is 0 Å². The Kier molecular flexibility index (Phi) is 12.8. The van der Waals surface area contributed by atoms with Crippen molar-refractivity contribution in [3.05, 3.63) is 44.8 Å². The van der Waals surface area contributed by atoms with Crippen LogP contribution in [0.1, 0.15) is 109 Å². The normalized spacial score (nSPS) is 17.5. The number of hydrogen-bond acceptors (Lipinski definition) is 5. The Bertz CT molecular complexity index is 842. The van der Waals surface area contributed by atoms with E-state index in [2.05, 4.69) is 11.9 Å². The zero-order chi connectivity index (χ0) is 23.9. The van der Waals surface area contributed by atoms with E-state index < -0.39 is 23.6 Å². The summed E-state index contributed by atoms with van der Waals surface area (Å²) >= 11 is 0. The molecule has 0 fully saturated rings. The Morgan fingerprint density at radius 3 is 2.12 bits per heavy atom. The first-order valence-corrected chi connectivity index (χ1v) is 12.8. The van der Waals surface area contributed by atoms with Crippen molar-refractivity contribution >= 4 is 5.97 Å². The highest BCUT2D eigenvalue weighted by molar-refractivity contribution is 5.69. The van der Waals surface area contributed by atoms with E-state index in [0.29, 0.717) is 12.0 Å². The van der Waals surface area contributed by atoms with Crippen molar-refractivity contribution in [2.75, 3.05) is 6.61 Å². The largest absolute Gasteiger partial charge is 0.463 e. The smallest absolute Gasteiger partial charge is 0.330 e. The van der Waals surface area contributed by atoms with E-state index in [9.17, 15) is 14.4 Å². The number of H-pyrrole nitrogens is 1. The van der Waals surface area contributed by atoms with E-state index in [0.717, 1.165) is 12.8 Å². The summed E-state index contributed by atoms with van der Waals surface area (Å²) in [7, 11) is 0. The molecule has 7 heteroatoms. The maximum atomic E-state index is 12.0. The number of nitrogens with zero attached hydrogens (tertiary/aromatic N) is 1. The molecule has 7 nitrogen and oxygen atoms in total. The summed E-state index contributed by atoms with van der Waals surface area (Å²) in [4.78, 5) is 37.7. The molecule has 0 saturated carbocycles. The molecule has 0 bridgehead atoms. The van der Waals surface area contributed by atoms with Crippen molar-refractivity contribution in [2.24, 2.45) is 0 Å². The molecule has 0 spiro atoms. The second-order valence-corrected chi connectivity index (χ2v) is 9.10. The summed E-state index contributed by atoms with van der Waals surface area (Å²) in [6.07, 6.45) is 20.9. The summed E-state index contributed by atoms with van der Waals surface area (Å²) in [5.74, 6) is -0.212. The van der Waals surface area contributed by atoms with Crippen LogP contribution in [0.3, 0.4) is 0 Å². The quantitative estimate of drug-likeness (QED) is 0.192. The molecule has 0 unspecified atom stereocenters. The van der Waals surface area contributed by atoms with E-state index in [1.165, 1.54) is 81.4 Å². The molecular weight excluding hydrogens is 420 g/mol. The molecule has 186 valence electrons. The van der Waals surface area contributed by atoms with Crippen molar-refractivity contribution in [3.8, 4) is 0 Å². The second-order valence-electron chi connectivity index (χ2n) is 9.10. The molecule has 2 atom stereocenters. The van der Waals surface area contributed by atoms with Crippen molar-refractivity contribution in [2.45, 2.75) is 116 Å². The standard InChI is InChI=1S/C26H42N2O5/c1-3-4-5-6-7-8-9-10-11-12-13-14-15-16-24(29)32-20-22-17-18-23(33-22)28-19-21(2)25(30)27-26(28)31/h17-19,22-23H,3-16,20H2,1-2H3,(H,27,30,31)/t22-,23+/m0/s1. The number of aromatic amines is 1. The Labute approximate surface area is 197 Å². The lowest BCUT2D eigenvalue weighted by Crippen LogP contribution is -2.33. The topological polar surface area (TPSA) is 90.4 Å². The van der Waals surface area contributed by atoms with Crippen LogP contribution in [-0.2, 0) is 14.3 Å². The highest BCUT2D eigenvalue weighted by Gasteiger charge is 2.23. The van der Waals surface area contributed by atoms with Crippen molar-refractivity contribution < 1.29 is 14.3 Å². The summed E-state index contributed by atoms with van der Waals surface area (Å²) in [5.41, 5.74) is -0.503. The fourth-order valence-corrected chi connectivity index (χ4v) is 4.05. The van der Waals surface area contributed by atoms with Gasteiger partial charge in [0.25, 0.3) is 5.56 Å². The Morgan fingerprint density at radius 2 is 1.52 bits per heavy atom. The van der Waals surface area contributed by atoms with E-state index >= 15 is 0 Å². The van der Waals surface area contributed by atoms with Gasteiger partial charge in [0.15, 0.2) is 6.23 Å². The third-order valence-electron chi connectivity index (χ3n) is 6.12. The van der Waals surface area contributed by atoms with Crippen LogP contribution in [0, 0.1) is 6.92 Å². The third-order valence-corrected chi connectivity index (χ3v) is 6.12. The maximum absolute atomic E-state index is 12.0. The molecule has 1 aromatic heterocycles. The molecule has 0 aliphatic carbocycles. The van der Waals surface area contributed by atoms with Crippen molar-refractivity contribution in [1.29, 1.82) is 0 Å². The van der Waals surface area contributed by atoms with E-state index in [-0.39, 0.29) is 12.6 Å². The minimum absolute atomic E-state index is 0.126. The lowest BCUT2D eigenvalue weighted by molar-refractivity contribution is -0.147. The SMILES string of the molecule is CCCCCCCCCCCCCCCC(=O)OC[C@@H]1C=C[C@H](n2cc(C)c(=O)[nH]c2=O)O1. The number of ether oxygens (including phenoxy) is 2. The molecule has 0 aromatic carbocycles. The van der Waals surface area contributed by atoms with Crippen LogP contribution in [0.2, 0.25) is 0 Å². The number of carbonyl (C=O) groups is 1. The first-order valence-electron chi connectivity index (χ1n) is 12.8. The summed E-state index contributed by atoms with van der Waals surface area (Å²) in [6, 6.07) is 0. The fourth-order valence-electron chi connectivity index (χ4n) is 4.05. The Balaban J connectivity index is 1.46. The first-order chi connectivity index (χ1) is 16.0. The average Bonchev–Trinajstić information content (AvgIpc) is 3.26. The molecule has 1 aliphatic heterocycles. The highest BCUT2D eigenvalue weighted by Crippen LogP contribution is 2.20. The Hall–Kier alpha value is -2.15. The van der Waals surface area contributed by atoms with Gasteiger partial charge < -0.3 is 9.47 Å². The number of hydrogen-bond donors (Lipinski definition) is 1. The molecule has 2 heterocycles. The highest BCUT2D eigenvalue weighted by atomic mass is 16.6. The molecular formula is C26H42N2O5. The second kappa shape index (κ2) is 15.6. The van der Waals surface area contributed by atoms with Crippen molar-refractivity contribution in [1.82, 2.24) is 9.55 Å². The van der Waals surface area contributed by atoms with Gasteiger partial charge in [-0.2, -0.15) is 0 Å². The minimum atomic E-state index is -0.613. The number of unbranched alkanes of at least 4 members (excludes halogenated alkanes) is 12. The van der Waals surface area contributed by atoms with Gasteiger partial charge in [0, 0.05) is 18.2 Å². The zero-order valence-corrected chi connectivity index (χ0v) is 20.5. The van der Waals surface area contributed by atoms with Crippen LogP contribution in [0.4, 0.5) is 0 Å². The van der Waals surface area contributed by atoms with Gasteiger partial charge in [-0.15, -0.1) is 0 Å². The molecule has 1 aliphatic rings. The van der Waals surface area contributed by atoms with E-state index in [4.69, 9.17) is 9.47 Å². The van der Waals surface area contributed by atoms with Crippen LogP contribution in [-0.4, -0.2) is 28.2 Å². The number of rotatable bonds is 17. The van der Waals surface area contributed by atoms with Crippen LogP contribution < -0.4 is 11.2 Å². The van der Waals surface area contributed by atoms with Gasteiger partial charge in [0.05, 0.1) is 0 Å². The Morgan fingerprint density at radius 1 is 0.939 bits per heavy atom. The van der Waals surface area contributed by atoms with Gasteiger partial charge in [-0.3, -0.25) is 19.1 Å². The van der Waals surface area contributed by atoms with Gasteiger partial charge in [-0.25, -0.2) is 4.79 Å². The molecule has 0 amide bonds. The number of nitrogens with one attached hydrogen (secondary N) is 1. The number of aromatic nitrogens is 2. The van der Waals surface area contributed by atoms with E-state index in [1.807, 2.05) is 0 Å². The number of aryl methyl sites for hydroxylation is 1. The first kappa shape index (κ1) is 27.1. The minimum Gasteiger partial charge on any atom is -0.463 e. The fraction of sp³-hybridized carbons (Fsp3) is 0.731. The molecule has 0 radical (unpaired) electrons. The lowest BCUT2D eigenvalue weighted by Gasteiger charge is -2.16. The van der Waals surface area contributed by atoms with Crippen LogP contribution in [0.15, 0.2) is 27.9 Å². The maximum Gasteiger partial charge on any atom is 0.330 e. The van der Waals surface area contributed by atoms with Crippen LogP contribution >= 0.6 is 0 Å². The summed E-state index contributed by atoms with van der Waals surface area (Å²) in [5, 5.41) is 0. The summed E-state index contributed by atoms with van der Waals surface area (Å²) in [6.45, 7) is 4.01. The third kappa shape index (κ3) is 10.5. The average molecular weight is 463 g/mol. The molecule has 1 aromatic rings. The van der Waals surface area contributed by atoms with Crippen LogP contribution in [0.5, 0.6) is 0 Å². The zero-order valence-electron chi connectivity index (χ0n) is 20.5. The van der Waals surface area contributed by atoms with Crippen molar-refractivity contribution in [3.63, 3.8) is 0 Å². The van der Waals surface area contributed by atoms with Gasteiger partial charge in [-0.05, 0) is 19.4 Å². The molecule has 0 saturated heterocycles. The van der Waals surface area contributed by atoms with Gasteiger partial charge in [-0.1, -0.05) is 90.0 Å². The van der Waals surface area contributed by atoms with Gasteiger partial charge >= 0.3 is 11.7 Å². The summed E-state index contributed by atoms with van der Waals surface area (Å²) < 4.78 is 12.4. The predicted molar refractivity (Wildman–Crippen MR) is 130 cm³/mol. The molecule has 2 rings (SSSR count). The molecule has 33 heavy (non-hydrogen) atoms. The monoisotopic (exact) mass is 462 g/mol. The predicted octanol–water partition coefficient (Wildman–Crippen LogP) is 5.32. The number of carbonyl (C=O) groups excluding carboxylic acids is 1.